The standard InChI is InChI=1S/C21H20N2O2/c1-14-12-13-19(25-14)20-22-18-11-7-6-10-17(18)21(24)23(20)15(2)16-8-4-3-5-9-16/h3-13,15,20,22H,1-2H3/t15-,20-/m0/s1. The van der Waals surface area contributed by atoms with Gasteiger partial charge in [-0.05, 0) is 43.7 Å². The minimum absolute atomic E-state index is 0.00440. The van der Waals surface area contributed by atoms with Crippen LogP contribution in [0.1, 0.15) is 46.6 Å². The summed E-state index contributed by atoms with van der Waals surface area (Å²) in [6, 6.07) is 21.4. The molecule has 2 aromatic carbocycles. The van der Waals surface area contributed by atoms with Gasteiger partial charge in [0.2, 0.25) is 0 Å². The zero-order chi connectivity index (χ0) is 17.4. The summed E-state index contributed by atoms with van der Waals surface area (Å²) in [6.45, 7) is 3.96. The van der Waals surface area contributed by atoms with Gasteiger partial charge in [-0.25, -0.2) is 0 Å². The number of carbonyl (C=O) groups excluding carboxylic acids is 1. The number of furan rings is 1. The fourth-order valence-electron chi connectivity index (χ4n) is 3.37. The number of hydrogen-bond acceptors (Lipinski definition) is 3. The molecule has 0 saturated heterocycles. The van der Waals surface area contributed by atoms with Crippen LogP contribution in [0.2, 0.25) is 0 Å². The normalized spacial score (nSPS) is 17.8. The Hall–Kier alpha value is -3.01. The van der Waals surface area contributed by atoms with Crippen molar-refractivity contribution in [2.24, 2.45) is 0 Å². The van der Waals surface area contributed by atoms with E-state index in [4.69, 9.17) is 4.42 Å². The number of rotatable bonds is 3. The zero-order valence-corrected chi connectivity index (χ0v) is 14.3. The average molecular weight is 332 g/mol. The van der Waals surface area contributed by atoms with Gasteiger partial charge in [0, 0.05) is 5.69 Å². The summed E-state index contributed by atoms with van der Waals surface area (Å²) in [6.07, 6.45) is -0.341. The average Bonchev–Trinajstić information content (AvgIpc) is 3.08. The highest BCUT2D eigenvalue weighted by Crippen LogP contribution is 2.38. The van der Waals surface area contributed by atoms with E-state index in [2.05, 4.69) is 5.32 Å². The molecule has 0 fully saturated rings. The molecule has 0 aliphatic carbocycles. The molecule has 0 saturated carbocycles. The summed E-state index contributed by atoms with van der Waals surface area (Å²) in [5, 5.41) is 3.47. The van der Waals surface area contributed by atoms with Gasteiger partial charge in [0.15, 0.2) is 6.17 Å². The quantitative estimate of drug-likeness (QED) is 0.741. The number of nitrogens with one attached hydrogen (secondary N) is 1. The van der Waals surface area contributed by atoms with E-state index in [1.54, 1.807) is 0 Å². The number of amides is 1. The lowest BCUT2D eigenvalue weighted by Gasteiger charge is -2.40. The molecule has 0 bridgehead atoms. The molecule has 1 amide bonds. The summed E-state index contributed by atoms with van der Waals surface area (Å²) in [7, 11) is 0. The van der Waals surface area contributed by atoms with Crippen molar-refractivity contribution in [1.29, 1.82) is 0 Å². The minimum atomic E-state index is -0.341. The number of carbonyl (C=O) groups is 1. The maximum atomic E-state index is 13.3. The SMILES string of the molecule is Cc1ccc([C@H]2Nc3ccccc3C(=O)N2[C@@H](C)c2ccccc2)o1. The molecule has 4 nitrogen and oxygen atoms in total. The summed E-state index contributed by atoms with van der Waals surface area (Å²) < 4.78 is 5.85. The van der Waals surface area contributed by atoms with Crippen LogP contribution >= 0.6 is 0 Å². The van der Waals surface area contributed by atoms with Crippen LogP contribution in [0.3, 0.4) is 0 Å². The topological polar surface area (TPSA) is 45.5 Å². The predicted octanol–water partition coefficient (Wildman–Crippen LogP) is 4.92. The molecule has 0 radical (unpaired) electrons. The van der Waals surface area contributed by atoms with Crippen LogP contribution in [0.15, 0.2) is 71.1 Å². The molecule has 1 N–H and O–H groups in total. The van der Waals surface area contributed by atoms with Crippen LogP contribution in [0, 0.1) is 6.92 Å². The van der Waals surface area contributed by atoms with E-state index in [-0.39, 0.29) is 18.1 Å². The van der Waals surface area contributed by atoms with Gasteiger partial charge in [-0.2, -0.15) is 0 Å². The van der Waals surface area contributed by atoms with E-state index in [1.807, 2.05) is 85.5 Å². The van der Waals surface area contributed by atoms with Crippen molar-refractivity contribution in [2.45, 2.75) is 26.1 Å². The summed E-state index contributed by atoms with van der Waals surface area (Å²) >= 11 is 0. The lowest BCUT2D eigenvalue weighted by atomic mass is 10.0. The molecular formula is C21H20N2O2. The largest absolute Gasteiger partial charge is 0.462 e. The molecule has 126 valence electrons. The molecular weight excluding hydrogens is 312 g/mol. The first kappa shape index (κ1) is 15.5. The molecule has 2 atom stereocenters. The van der Waals surface area contributed by atoms with Crippen LogP contribution in [0.4, 0.5) is 5.69 Å². The number of benzene rings is 2. The van der Waals surface area contributed by atoms with Gasteiger partial charge in [0.25, 0.3) is 5.91 Å². The third-order valence-corrected chi connectivity index (χ3v) is 4.69. The minimum Gasteiger partial charge on any atom is -0.462 e. The Bertz CT molecular complexity index is 901. The summed E-state index contributed by atoms with van der Waals surface area (Å²) in [5.41, 5.74) is 2.61. The molecule has 4 rings (SSSR count). The molecule has 0 unspecified atom stereocenters. The molecule has 25 heavy (non-hydrogen) atoms. The highest BCUT2D eigenvalue weighted by molar-refractivity contribution is 6.01. The lowest BCUT2D eigenvalue weighted by Crippen LogP contribution is -2.44. The third kappa shape index (κ3) is 2.70. The molecule has 3 aromatic rings. The molecule has 1 aromatic heterocycles. The Labute approximate surface area is 147 Å². The van der Waals surface area contributed by atoms with E-state index < -0.39 is 0 Å². The highest BCUT2D eigenvalue weighted by Gasteiger charge is 2.37. The van der Waals surface area contributed by atoms with Gasteiger partial charge >= 0.3 is 0 Å². The second-order valence-corrected chi connectivity index (χ2v) is 6.34. The molecule has 1 aliphatic heterocycles. The maximum absolute atomic E-state index is 13.3. The van der Waals surface area contributed by atoms with Gasteiger partial charge in [-0.1, -0.05) is 42.5 Å². The molecule has 0 spiro atoms. The first-order valence-electron chi connectivity index (χ1n) is 8.44. The van der Waals surface area contributed by atoms with Crippen molar-refractivity contribution in [3.8, 4) is 0 Å². The van der Waals surface area contributed by atoms with Crippen LogP contribution in [-0.4, -0.2) is 10.8 Å². The molecule has 1 aliphatic rings. The van der Waals surface area contributed by atoms with Gasteiger partial charge in [0.1, 0.15) is 11.5 Å². The van der Waals surface area contributed by atoms with Crippen LogP contribution in [0.25, 0.3) is 0 Å². The van der Waals surface area contributed by atoms with Crippen molar-refractivity contribution in [2.75, 3.05) is 5.32 Å². The fourth-order valence-corrected chi connectivity index (χ4v) is 3.37. The van der Waals surface area contributed by atoms with Crippen molar-refractivity contribution in [3.05, 3.63) is 89.4 Å². The van der Waals surface area contributed by atoms with Gasteiger partial charge < -0.3 is 14.6 Å². The highest BCUT2D eigenvalue weighted by atomic mass is 16.3. The number of aryl methyl sites for hydroxylation is 1. The Morgan fingerprint density at radius 2 is 1.72 bits per heavy atom. The van der Waals surface area contributed by atoms with Crippen molar-refractivity contribution >= 4 is 11.6 Å². The number of fused-ring (bicyclic) bond motifs is 1. The summed E-state index contributed by atoms with van der Waals surface area (Å²) in [4.78, 5) is 15.1. The second kappa shape index (κ2) is 6.13. The number of nitrogens with zero attached hydrogens (tertiary/aromatic N) is 1. The third-order valence-electron chi connectivity index (χ3n) is 4.69. The smallest absolute Gasteiger partial charge is 0.258 e. The summed E-state index contributed by atoms with van der Waals surface area (Å²) in [5.74, 6) is 1.57. The van der Waals surface area contributed by atoms with E-state index in [9.17, 15) is 4.79 Å². The van der Waals surface area contributed by atoms with E-state index >= 15 is 0 Å². The number of hydrogen-bond donors (Lipinski definition) is 1. The Kier molecular flexibility index (Phi) is 3.80. The second-order valence-electron chi connectivity index (χ2n) is 6.34. The van der Waals surface area contributed by atoms with E-state index in [1.165, 1.54) is 0 Å². The van der Waals surface area contributed by atoms with Crippen LogP contribution < -0.4 is 5.32 Å². The van der Waals surface area contributed by atoms with Crippen LogP contribution in [-0.2, 0) is 0 Å². The first-order valence-corrected chi connectivity index (χ1v) is 8.44. The lowest BCUT2D eigenvalue weighted by molar-refractivity contribution is 0.0569. The molecule has 2 heterocycles. The van der Waals surface area contributed by atoms with Crippen LogP contribution in [0.5, 0.6) is 0 Å². The first-order chi connectivity index (χ1) is 12.1. The van der Waals surface area contributed by atoms with E-state index in [0.717, 1.165) is 22.8 Å². The van der Waals surface area contributed by atoms with Gasteiger partial charge in [-0.3, -0.25) is 4.79 Å². The van der Waals surface area contributed by atoms with Gasteiger partial charge in [-0.15, -0.1) is 0 Å². The number of para-hydroxylation sites is 1. The molecule has 4 heteroatoms. The Morgan fingerprint density at radius 1 is 1.00 bits per heavy atom. The maximum Gasteiger partial charge on any atom is 0.258 e. The fraction of sp³-hybridized carbons (Fsp3) is 0.190. The Morgan fingerprint density at radius 3 is 2.44 bits per heavy atom. The number of anilines is 1. The Balaban J connectivity index is 1.81. The zero-order valence-electron chi connectivity index (χ0n) is 14.3. The monoisotopic (exact) mass is 332 g/mol. The van der Waals surface area contributed by atoms with Crippen molar-refractivity contribution in [3.63, 3.8) is 0 Å². The van der Waals surface area contributed by atoms with Gasteiger partial charge in [0.05, 0.1) is 11.6 Å². The van der Waals surface area contributed by atoms with Crippen molar-refractivity contribution < 1.29 is 9.21 Å². The van der Waals surface area contributed by atoms with Crippen molar-refractivity contribution in [1.82, 2.24) is 4.90 Å². The predicted molar refractivity (Wildman–Crippen MR) is 97.3 cm³/mol. The van der Waals surface area contributed by atoms with E-state index in [0.29, 0.717) is 5.56 Å².